The number of hydrogen-bond donors (Lipinski definition) is 1. The zero-order valence-electron chi connectivity index (χ0n) is 14.9. The van der Waals surface area contributed by atoms with Gasteiger partial charge in [-0.05, 0) is 35.2 Å². The summed E-state index contributed by atoms with van der Waals surface area (Å²) in [6, 6.07) is 16.7. The summed E-state index contributed by atoms with van der Waals surface area (Å²) in [5, 5.41) is 13.0. The minimum atomic E-state index is -1.06. The van der Waals surface area contributed by atoms with Crippen molar-refractivity contribution in [2.24, 2.45) is 0 Å². The van der Waals surface area contributed by atoms with Crippen LogP contribution in [0.25, 0.3) is 31.1 Å². The Morgan fingerprint density at radius 2 is 1.86 bits per heavy atom. The van der Waals surface area contributed by atoms with Crippen molar-refractivity contribution in [1.29, 1.82) is 0 Å². The maximum Gasteiger partial charge on any atom is 0.337 e. The van der Waals surface area contributed by atoms with Crippen molar-refractivity contribution >= 4 is 55.6 Å². The van der Waals surface area contributed by atoms with E-state index in [0.29, 0.717) is 21.0 Å². The highest BCUT2D eigenvalue weighted by Gasteiger charge is 2.24. The molecule has 142 valence electrons. The minimum Gasteiger partial charge on any atom is -0.478 e. The zero-order valence-corrected chi connectivity index (χ0v) is 16.5. The van der Waals surface area contributed by atoms with E-state index in [9.17, 15) is 14.7 Å². The SMILES string of the molecule is O=C(Cc1csc(-c2nc3ccccc3s2)c1C(=O)O)c1cc2ccccc2o1. The van der Waals surface area contributed by atoms with Crippen molar-refractivity contribution in [2.45, 2.75) is 6.42 Å². The molecule has 0 saturated heterocycles. The molecular formula is C22H13NO4S2. The van der Waals surface area contributed by atoms with E-state index in [1.54, 1.807) is 17.5 Å². The lowest BCUT2D eigenvalue weighted by Crippen LogP contribution is -2.07. The Morgan fingerprint density at radius 3 is 2.66 bits per heavy atom. The molecule has 2 aromatic carbocycles. The van der Waals surface area contributed by atoms with Crippen LogP contribution in [0.5, 0.6) is 0 Å². The highest BCUT2D eigenvalue weighted by Crippen LogP contribution is 2.38. The summed E-state index contributed by atoms with van der Waals surface area (Å²) in [7, 11) is 0. The Labute approximate surface area is 172 Å². The number of hydrogen-bond acceptors (Lipinski definition) is 6. The van der Waals surface area contributed by atoms with Crippen LogP contribution in [0.2, 0.25) is 0 Å². The first-order valence-electron chi connectivity index (χ1n) is 8.81. The van der Waals surface area contributed by atoms with Gasteiger partial charge in [0.1, 0.15) is 10.6 Å². The van der Waals surface area contributed by atoms with Crippen LogP contribution in [-0.4, -0.2) is 21.8 Å². The molecule has 0 aliphatic carbocycles. The molecule has 0 atom stereocenters. The van der Waals surface area contributed by atoms with Crippen LogP contribution in [0, 0.1) is 0 Å². The number of carboxylic acids is 1. The van der Waals surface area contributed by atoms with E-state index in [-0.39, 0.29) is 23.5 Å². The Morgan fingerprint density at radius 1 is 1.07 bits per heavy atom. The smallest absolute Gasteiger partial charge is 0.337 e. The topological polar surface area (TPSA) is 80.4 Å². The molecule has 1 N–H and O–H groups in total. The predicted molar refractivity (Wildman–Crippen MR) is 114 cm³/mol. The number of furan rings is 1. The summed E-state index contributed by atoms with van der Waals surface area (Å²) in [5.41, 5.74) is 2.08. The van der Waals surface area contributed by atoms with Crippen LogP contribution >= 0.6 is 22.7 Å². The minimum absolute atomic E-state index is 0.0388. The molecule has 0 amide bonds. The average Bonchev–Trinajstić information content (AvgIpc) is 3.43. The van der Waals surface area contributed by atoms with Gasteiger partial charge in [-0.1, -0.05) is 30.3 Å². The van der Waals surface area contributed by atoms with Gasteiger partial charge in [0.05, 0.1) is 20.7 Å². The third-order valence-electron chi connectivity index (χ3n) is 4.62. The van der Waals surface area contributed by atoms with Crippen LogP contribution in [0.4, 0.5) is 0 Å². The van der Waals surface area contributed by atoms with Gasteiger partial charge in [0.25, 0.3) is 0 Å². The molecule has 29 heavy (non-hydrogen) atoms. The molecule has 5 aromatic rings. The van der Waals surface area contributed by atoms with Crippen molar-refractivity contribution in [3.8, 4) is 9.88 Å². The maximum atomic E-state index is 12.8. The molecule has 0 aliphatic rings. The summed E-state index contributed by atoms with van der Waals surface area (Å²) in [4.78, 5) is 29.9. The van der Waals surface area contributed by atoms with Crippen molar-refractivity contribution in [1.82, 2.24) is 4.98 Å². The first-order valence-corrected chi connectivity index (χ1v) is 10.5. The van der Waals surface area contributed by atoms with E-state index in [0.717, 1.165) is 15.6 Å². The highest BCUT2D eigenvalue weighted by molar-refractivity contribution is 7.25. The van der Waals surface area contributed by atoms with E-state index in [1.807, 2.05) is 42.5 Å². The highest BCUT2D eigenvalue weighted by atomic mass is 32.1. The fraction of sp³-hybridized carbons (Fsp3) is 0.0455. The van der Waals surface area contributed by atoms with Crippen LogP contribution in [-0.2, 0) is 6.42 Å². The average molecular weight is 419 g/mol. The van der Waals surface area contributed by atoms with Gasteiger partial charge in [-0.15, -0.1) is 22.7 Å². The molecule has 7 heteroatoms. The summed E-state index contributed by atoms with van der Waals surface area (Å²) in [6.45, 7) is 0. The number of aromatic carboxylic acids is 1. The number of carbonyl (C=O) groups excluding carboxylic acids is 1. The van der Waals surface area contributed by atoms with E-state index >= 15 is 0 Å². The normalized spacial score (nSPS) is 11.3. The van der Waals surface area contributed by atoms with Gasteiger partial charge in [0.15, 0.2) is 5.76 Å². The summed E-state index contributed by atoms with van der Waals surface area (Å²) >= 11 is 2.75. The number of thiazole rings is 1. The number of thiophene rings is 1. The summed E-state index contributed by atoms with van der Waals surface area (Å²) in [5.74, 6) is -1.08. The van der Waals surface area contributed by atoms with E-state index < -0.39 is 5.97 Å². The van der Waals surface area contributed by atoms with Gasteiger partial charge < -0.3 is 9.52 Å². The van der Waals surface area contributed by atoms with Gasteiger partial charge in [0.2, 0.25) is 5.78 Å². The zero-order chi connectivity index (χ0) is 20.0. The number of rotatable bonds is 5. The molecule has 0 radical (unpaired) electrons. The van der Waals surface area contributed by atoms with Crippen LogP contribution in [0.15, 0.2) is 64.4 Å². The van der Waals surface area contributed by atoms with Crippen molar-refractivity contribution in [2.75, 3.05) is 0 Å². The first kappa shape index (κ1) is 17.8. The number of benzene rings is 2. The standard InChI is InChI=1S/C22H13NO4S2/c24-15(17-10-12-5-1-3-7-16(12)27-17)9-13-11-28-20(19(13)22(25)26)21-23-14-6-2-4-8-18(14)29-21/h1-8,10-11H,9H2,(H,25,26). The molecule has 5 rings (SSSR count). The van der Waals surface area contributed by atoms with Gasteiger partial charge >= 0.3 is 5.97 Å². The second-order valence-corrected chi connectivity index (χ2v) is 8.42. The third-order valence-corrected chi connectivity index (χ3v) is 6.84. The second-order valence-electron chi connectivity index (χ2n) is 6.51. The third kappa shape index (κ3) is 3.14. The molecule has 5 nitrogen and oxygen atoms in total. The molecule has 0 saturated carbocycles. The van der Waals surface area contributed by atoms with E-state index in [2.05, 4.69) is 4.98 Å². The van der Waals surface area contributed by atoms with Crippen molar-refractivity contribution < 1.29 is 19.1 Å². The molecule has 0 aliphatic heterocycles. The van der Waals surface area contributed by atoms with Crippen LogP contribution in [0.3, 0.4) is 0 Å². The second kappa shape index (κ2) is 6.95. The van der Waals surface area contributed by atoms with Gasteiger partial charge in [-0.3, -0.25) is 4.79 Å². The van der Waals surface area contributed by atoms with E-state index in [4.69, 9.17) is 4.42 Å². The number of ketones is 1. The van der Waals surface area contributed by atoms with Gasteiger partial charge in [-0.2, -0.15) is 0 Å². The number of para-hydroxylation sites is 2. The van der Waals surface area contributed by atoms with E-state index in [1.165, 1.54) is 22.7 Å². The fourth-order valence-electron chi connectivity index (χ4n) is 3.26. The summed E-state index contributed by atoms with van der Waals surface area (Å²) < 4.78 is 6.62. The Balaban J connectivity index is 1.52. The monoisotopic (exact) mass is 419 g/mol. The van der Waals surface area contributed by atoms with Crippen LogP contribution < -0.4 is 0 Å². The van der Waals surface area contributed by atoms with Crippen molar-refractivity contribution in [3.05, 3.63) is 76.9 Å². The fourth-order valence-corrected chi connectivity index (χ4v) is 5.39. The molecule has 0 fully saturated rings. The largest absolute Gasteiger partial charge is 0.478 e. The quantitative estimate of drug-likeness (QED) is 0.359. The predicted octanol–water partition coefficient (Wildman–Crippen LogP) is 5.89. The lowest BCUT2D eigenvalue weighted by atomic mass is 10.0. The van der Waals surface area contributed by atoms with Crippen LogP contribution in [0.1, 0.15) is 26.5 Å². The molecule has 0 spiro atoms. The number of nitrogens with zero attached hydrogens (tertiary/aromatic N) is 1. The first-order chi connectivity index (χ1) is 14.1. The maximum absolute atomic E-state index is 12.8. The lowest BCUT2D eigenvalue weighted by molar-refractivity contribution is 0.0697. The molecule has 3 aromatic heterocycles. The van der Waals surface area contributed by atoms with Gasteiger partial charge in [0, 0.05) is 11.8 Å². The number of aromatic nitrogens is 1. The Kier molecular flexibility index (Phi) is 4.26. The summed E-state index contributed by atoms with van der Waals surface area (Å²) in [6.07, 6.45) is -0.0388. The molecule has 0 bridgehead atoms. The number of fused-ring (bicyclic) bond motifs is 2. The molecular weight excluding hydrogens is 406 g/mol. The number of Topliss-reactive ketones (excluding diaryl/α,β-unsaturated/α-hetero) is 1. The molecule has 3 heterocycles. The van der Waals surface area contributed by atoms with Crippen molar-refractivity contribution in [3.63, 3.8) is 0 Å². The van der Waals surface area contributed by atoms with Gasteiger partial charge in [-0.25, -0.2) is 9.78 Å². The lowest BCUT2D eigenvalue weighted by Gasteiger charge is -2.00. The number of carbonyl (C=O) groups is 2. The Hall–Kier alpha value is -3.29. The Bertz CT molecular complexity index is 1330. The molecule has 0 unspecified atom stereocenters. The number of carboxylic acid groups (broad SMARTS) is 1.